The summed E-state index contributed by atoms with van der Waals surface area (Å²) in [5.41, 5.74) is 6.13. The highest BCUT2D eigenvalue weighted by Crippen LogP contribution is 2.25. The number of nitrogens with one attached hydrogen (secondary N) is 1. The van der Waals surface area contributed by atoms with E-state index in [9.17, 15) is 4.79 Å². The van der Waals surface area contributed by atoms with Crippen molar-refractivity contribution >= 4 is 47.2 Å². The van der Waals surface area contributed by atoms with Crippen LogP contribution in [0.5, 0.6) is 0 Å². The van der Waals surface area contributed by atoms with Gasteiger partial charge in [0, 0.05) is 37.6 Å². The smallest absolute Gasteiger partial charge is 0.225 e. The monoisotopic (exact) mass is 367 g/mol. The number of halogens is 3. The third-order valence-electron chi connectivity index (χ3n) is 3.34. The molecule has 1 aromatic rings. The summed E-state index contributed by atoms with van der Waals surface area (Å²) in [6.45, 7) is 3.41. The summed E-state index contributed by atoms with van der Waals surface area (Å²) < 4.78 is 5.49. The first-order valence-corrected chi connectivity index (χ1v) is 7.63. The molecule has 0 saturated carbocycles. The number of amides is 1. The molecule has 0 radical (unpaired) electrons. The Kier molecular flexibility index (Phi) is 8.46. The van der Waals surface area contributed by atoms with Gasteiger partial charge in [-0.1, -0.05) is 23.2 Å². The first-order chi connectivity index (χ1) is 10.1. The highest BCUT2D eigenvalue weighted by molar-refractivity contribution is 6.35. The lowest BCUT2D eigenvalue weighted by molar-refractivity contribution is -0.117. The second-order valence-electron chi connectivity index (χ2n) is 4.95. The van der Waals surface area contributed by atoms with Crippen LogP contribution in [0.3, 0.4) is 0 Å². The molecule has 1 aliphatic heterocycles. The van der Waals surface area contributed by atoms with Gasteiger partial charge in [0.2, 0.25) is 5.91 Å². The van der Waals surface area contributed by atoms with Crippen molar-refractivity contribution in [2.45, 2.75) is 12.5 Å². The second-order valence-corrected chi connectivity index (χ2v) is 5.80. The van der Waals surface area contributed by atoms with Crippen molar-refractivity contribution in [1.82, 2.24) is 4.90 Å². The molecule has 1 atom stereocenters. The first kappa shape index (κ1) is 19.5. The average molecular weight is 369 g/mol. The number of hydrogen-bond acceptors (Lipinski definition) is 4. The Morgan fingerprint density at radius 3 is 2.95 bits per heavy atom. The topological polar surface area (TPSA) is 67.6 Å². The van der Waals surface area contributed by atoms with E-state index >= 15 is 0 Å². The molecule has 0 aliphatic carbocycles. The fourth-order valence-corrected chi connectivity index (χ4v) is 2.53. The average Bonchev–Trinajstić information content (AvgIpc) is 2.49. The van der Waals surface area contributed by atoms with E-state index in [2.05, 4.69) is 10.2 Å². The fraction of sp³-hybridized carbons (Fsp3) is 0.500. The number of nitrogens with zero attached hydrogens (tertiary/aromatic N) is 1. The molecule has 124 valence electrons. The number of carbonyl (C=O) groups excluding carboxylic acids is 1. The molecule has 0 bridgehead atoms. The van der Waals surface area contributed by atoms with Gasteiger partial charge in [-0.3, -0.25) is 9.69 Å². The van der Waals surface area contributed by atoms with Crippen LogP contribution in [0.15, 0.2) is 18.2 Å². The molecule has 1 aromatic carbocycles. The molecule has 1 fully saturated rings. The SMILES string of the molecule is Cl.NCC1CN(CCC(=O)Nc2cc(Cl)ccc2Cl)CCO1. The Morgan fingerprint density at radius 2 is 2.23 bits per heavy atom. The second kappa shape index (κ2) is 9.55. The largest absolute Gasteiger partial charge is 0.374 e. The Morgan fingerprint density at radius 1 is 1.45 bits per heavy atom. The molecule has 5 nitrogen and oxygen atoms in total. The standard InChI is InChI=1S/C14H19Cl2N3O2.ClH/c15-10-1-2-12(16)13(7-10)18-14(20)3-4-19-5-6-21-11(8-17)9-19;/h1-2,7,11H,3-6,8-9,17H2,(H,18,20);1H. The lowest BCUT2D eigenvalue weighted by Crippen LogP contribution is -2.46. The Balaban J connectivity index is 0.00000242. The molecule has 1 unspecified atom stereocenters. The van der Waals surface area contributed by atoms with Gasteiger partial charge >= 0.3 is 0 Å². The molecular formula is C14H20Cl3N3O2. The van der Waals surface area contributed by atoms with Gasteiger partial charge in [0.05, 0.1) is 23.4 Å². The molecule has 8 heteroatoms. The molecule has 1 amide bonds. The van der Waals surface area contributed by atoms with E-state index in [0.717, 1.165) is 13.1 Å². The predicted octanol–water partition coefficient (Wildman–Crippen LogP) is 2.40. The third-order valence-corrected chi connectivity index (χ3v) is 3.91. The summed E-state index contributed by atoms with van der Waals surface area (Å²) in [6.07, 6.45) is 0.448. The molecule has 1 saturated heterocycles. The molecule has 2 rings (SSSR count). The number of benzene rings is 1. The van der Waals surface area contributed by atoms with Crippen molar-refractivity contribution in [3.05, 3.63) is 28.2 Å². The van der Waals surface area contributed by atoms with E-state index in [4.69, 9.17) is 33.7 Å². The number of nitrogens with two attached hydrogens (primary N) is 1. The van der Waals surface area contributed by atoms with Gasteiger partial charge in [-0.05, 0) is 18.2 Å². The predicted molar refractivity (Wildman–Crippen MR) is 92.2 cm³/mol. The Bertz CT molecular complexity index is 502. The molecule has 1 heterocycles. The Hall–Kier alpha value is -0.560. The number of rotatable bonds is 5. The lowest BCUT2D eigenvalue weighted by atomic mass is 10.2. The van der Waals surface area contributed by atoms with Crippen LogP contribution in [-0.2, 0) is 9.53 Å². The van der Waals surface area contributed by atoms with E-state index in [1.807, 2.05) is 0 Å². The van der Waals surface area contributed by atoms with Crippen molar-refractivity contribution in [2.24, 2.45) is 5.73 Å². The van der Waals surface area contributed by atoms with Gasteiger partial charge in [-0.25, -0.2) is 0 Å². The number of anilines is 1. The highest BCUT2D eigenvalue weighted by atomic mass is 35.5. The summed E-state index contributed by atoms with van der Waals surface area (Å²) in [6, 6.07) is 4.98. The van der Waals surface area contributed by atoms with E-state index < -0.39 is 0 Å². The maximum atomic E-state index is 12.0. The van der Waals surface area contributed by atoms with E-state index in [-0.39, 0.29) is 24.4 Å². The molecule has 1 aliphatic rings. The van der Waals surface area contributed by atoms with Crippen LogP contribution in [-0.4, -0.2) is 49.7 Å². The zero-order valence-electron chi connectivity index (χ0n) is 12.1. The molecule has 0 spiro atoms. The Labute approximate surface area is 146 Å². The summed E-state index contributed by atoms with van der Waals surface area (Å²) >= 11 is 11.9. The number of morpholine rings is 1. The van der Waals surface area contributed by atoms with Gasteiger partial charge < -0.3 is 15.8 Å². The summed E-state index contributed by atoms with van der Waals surface area (Å²) in [5, 5.41) is 3.79. The number of hydrogen-bond donors (Lipinski definition) is 2. The number of ether oxygens (including phenoxy) is 1. The van der Waals surface area contributed by atoms with Gasteiger partial charge in [-0.2, -0.15) is 0 Å². The quantitative estimate of drug-likeness (QED) is 0.837. The fourth-order valence-electron chi connectivity index (χ4n) is 2.19. The van der Waals surface area contributed by atoms with Gasteiger partial charge in [-0.15, -0.1) is 12.4 Å². The molecule has 0 aromatic heterocycles. The van der Waals surface area contributed by atoms with Crippen LogP contribution < -0.4 is 11.1 Å². The minimum Gasteiger partial charge on any atom is -0.374 e. The highest BCUT2D eigenvalue weighted by Gasteiger charge is 2.19. The van der Waals surface area contributed by atoms with Crippen LogP contribution in [0.25, 0.3) is 0 Å². The van der Waals surface area contributed by atoms with Crippen molar-refractivity contribution in [3.63, 3.8) is 0 Å². The van der Waals surface area contributed by atoms with E-state index in [1.54, 1.807) is 18.2 Å². The maximum Gasteiger partial charge on any atom is 0.225 e. The lowest BCUT2D eigenvalue weighted by Gasteiger charge is -2.32. The van der Waals surface area contributed by atoms with Crippen LogP contribution in [0.2, 0.25) is 10.0 Å². The van der Waals surface area contributed by atoms with Crippen molar-refractivity contribution in [3.8, 4) is 0 Å². The maximum absolute atomic E-state index is 12.0. The van der Waals surface area contributed by atoms with Crippen LogP contribution in [0.1, 0.15) is 6.42 Å². The van der Waals surface area contributed by atoms with E-state index in [1.165, 1.54) is 0 Å². The van der Waals surface area contributed by atoms with Crippen molar-refractivity contribution in [2.75, 3.05) is 38.1 Å². The zero-order valence-corrected chi connectivity index (χ0v) is 14.4. The molecular weight excluding hydrogens is 349 g/mol. The van der Waals surface area contributed by atoms with Crippen molar-refractivity contribution in [1.29, 1.82) is 0 Å². The van der Waals surface area contributed by atoms with Crippen LogP contribution >= 0.6 is 35.6 Å². The minimum atomic E-state index is -0.0880. The molecule has 22 heavy (non-hydrogen) atoms. The molecule has 3 N–H and O–H groups in total. The van der Waals surface area contributed by atoms with Crippen LogP contribution in [0.4, 0.5) is 5.69 Å². The number of carbonyl (C=O) groups is 1. The summed E-state index contributed by atoms with van der Waals surface area (Å²) in [7, 11) is 0. The first-order valence-electron chi connectivity index (χ1n) is 6.87. The zero-order chi connectivity index (χ0) is 15.2. The van der Waals surface area contributed by atoms with Crippen LogP contribution in [0, 0.1) is 0 Å². The van der Waals surface area contributed by atoms with Gasteiger partial charge in [0.15, 0.2) is 0 Å². The minimum absolute atomic E-state index is 0. The van der Waals surface area contributed by atoms with Crippen molar-refractivity contribution < 1.29 is 9.53 Å². The van der Waals surface area contributed by atoms with Gasteiger partial charge in [0.1, 0.15) is 0 Å². The summed E-state index contributed by atoms with van der Waals surface area (Å²) in [4.78, 5) is 14.2. The van der Waals surface area contributed by atoms with E-state index in [0.29, 0.717) is 41.8 Å². The van der Waals surface area contributed by atoms with Gasteiger partial charge in [0.25, 0.3) is 0 Å². The normalized spacial score (nSPS) is 18.6. The summed E-state index contributed by atoms with van der Waals surface area (Å²) in [5.74, 6) is -0.0880. The third kappa shape index (κ3) is 5.91.